The predicted octanol–water partition coefficient (Wildman–Crippen LogP) is 6.19. The lowest BCUT2D eigenvalue weighted by atomic mass is 9.91. The maximum atomic E-state index is 10.4. The van der Waals surface area contributed by atoms with Gasteiger partial charge in [0.2, 0.25) is 0 Å². The quantitative estimate of drug-likeness (QED) is 0.512. The summed E-state index contributed by atoms with van der Waals surface area (Å²) in [5.74, 6) is 0.449. The molecule has 3 nitrogen and oxygen atoms in total. The summed E-state index contributed by atoms with van der Waals surface area (Å²) >= 11 is 0. The van der Waals surface area contributed by atoms with Crippen molar-refractivity contribution in [3.63, 3.8) is 0 Å². The molecule has 0 amide bonds. The molecule has 0 heterocycles. The van der Waals surface area contributed by atoms with Gasteiger partial charge >= 0.3 is 0 Å². The van der Waals surface area contributed by atoms with E-state index in [-0.39, 0.29) is 23.2 Å². The summed E-state index contributed by atoms with van der Waals surface area (Å²) in [6.45, 7) is 8.27. The standard InChI is InChI=1S/C24H30O3/c1-16(2)6-5-7-17(3)8-13-22-23(26)14-20(15-24(22)27)18(4)19-9-11-21(25)12-10-19/h6,8-12,14-15,18,25-27H,5,7,13H2,1-4H3. The van der Waals surface area contributed by atoms with Gasteiger partial charge in [-0.3, -0.25) is 0 Å². The van der Waals surface area contributed by atoms with Gasteiger partial charge in [-0.1, -0.05) is 42.4 Å². The van der Waals surface area contributed by atoms with Crippen LogP contribution in [0.25, 0.3) is 0 Å². The third-order valence-corrected chi connectivity index (χ3v) is 4.86. The summed E-state index contributed by atoms with van der Waals surface area (Å²) in [4.78, 5) is 0. The van der Waals surface area contributed by atoms with Crippen molar-refractivity contribution in [1.29, 1.82) is 0 Å². The van der Waals surface area contributed by atoms with Crippen molar-refractivity contribution in [2.45, 2.75) is 52.9 Å². The topological polar surface area (TPSA) is 60.7 Å². The SMILES string of the molecule is CC(C)=CCCC(C)=CCc1c(O)cc(C(C)c2ccc(O)cc2)cc1O. The monoisotopic (exact) mass is 366 g/mol. The van der Waals surface area contributed by atoms with E-state index in [1.165, 1.54) is 11.1 Å². The Morgan fingerprint density at radius 2 is 1.48 bits per heavy atom. The summed E-state index contributed by atoms with van der Waals surface area (Å²) in [7, 11) is 0. The van der Waals surface area contributed by atoms with Crippen molar-refractivity contribution in [3.05, 3.63) is 76.4 Å². The lowest BCUT2D eigenvalue weighted by Crippen LogP contribution is -1.97. The van der Waals surface area contributed by atoms with Gasteiger partial charge in [0.25, 0.3) is 0 Å². The molecule has 0 radical (unpaired) electrons. The van der Waals surface area contributed by atoms with Gasteiger partial charge in [0.1, 0.15) is 17.2 Å². The highest BCUT2D eigenvalue weighted by Gasteiger charge is 2.14. The molecule has 0 aromatic heterocycles. The molecule has 0 aliphatic carbocycles. The Balaban J connectivity index is 2.14. The Labute approximate surface area is 162 Å². The predicted molar refractivity (Wildman–Crippen MR) is 112 cm³/mol. The molecule has 2 aromatic carbocycles. The van der Waals surface area contributed by atoms with E-state index in [2.05, 4.69) is 32.9 Å². The number of aromatic hydroxyl groups is 3. The number of rotatable bonds is 7. The van der Waals surface area contributed by atoms with Crippen LogP contribution in [0.1, 0.15) is 63.1 Å². The van der Waals surface area contributed by atoms with Gasteiger partial charge in [-0.2, -0.15) is 0 Å². The van der Waals surface area contributed by atoms with Gasteiger partial charge in [-0.05, 0) is 75.4 Å². The first-order chi connectivity index (χ1) is 12.8. The van der Waals surface area contributed by atoms with E-state index in [0.29, 0.717) is 12.0 Å². The summed E-state index contributed by atoms with van der Waals surface area (Å²) < 4.78 is 0. The average Bonchev–Trinajstić information content (AvgIpc) is 2.60. The van der Waals surface area contributed by atoms with E-state index in [1.54, 1.807) is 24.3 Å². The Kier molecular flexibility index (Phi) is 7.12. The van der Waals surface area contributed by atoms with Crippen LogP contribution in [-0.2, 0) is 6.42 Å². The second kappa shape index (κ2) is 9.31. The molecule has 1 unspecified atom stereocenters. The molecular weight excluding hydrogens is 336 g/mol. The lowest BCUT2D eigenvalue weighted by Gasteiger charge is -2.15. The van der Waals surface area contributed by atoms with Crippen LogP contribution in [0.3, 0.4) is 0 Å². The minimum atomic E-state index is -0.00204. The summed E-state index contributed by atoms with van der Waals surface area (Å²) in [5, 5.41) is 30.3. The molecule has 0 aliphatic heterocycles. The van der Waals surface area contributed by atoms with Gasteiger partial charge in [-0.15, -0.1) is 0 Å². The van der Waals surface area contributed by atoms with Crippen molar-refractivity contribution in [1.82, 2.24) is 0 Å². The van der Waals surface area contributed by atoms with Gasteiger partial charge in [0.15, 0.2) is 0 Å². The maximum Gasteiger partial charge on any atom is 0.123 e. The molecule has 27 heavy (non-hydrogen) atoms. The van der Waals surface area contributed by atoms with Gasteiger partial charge < -0.3 is 15.3 Å². The van der Waals surface area contributed by atoms with Crippen molar-refractivity contribution in [2.75, 3.05) is 0 Å². The number of hydrogen-bond donors (Lipinski definition) is 3. The third-order valence-electron chi connectivity index (χ3n) is 4.86. The molecule has 0 saturated heterocycles. The number of benzene rings is 2. The highest BCUT2D eigenvalue weighted by Crippen LogP contribution is 2.35. The maximum absolute atomic E-state index is 10.4. The zero-order valence-electron chi connectivity index (χ0n) is 16.7. The highest BCUT2D eigenvalue weighted by atomic mass is 16.3. The van der Waals surface area contributed by atoms with E-state index < -0.39 is 0 Å². The molecule has 0 aliphatic rings. The molecule has 0 bridgehead atoms. The number of hydrogen-bond acceptors (Lipinski definition) is 3. The van der Waals surface area contributed by atoms with Crippen molar-refractivity contribution < 1.29 is 15.3 Å². The van der Waals surface area contributed by atoms with Gasteiger partial charge in [-0.25, -0.2) is 0 Å². The number of phenols is 3. The van der Waals surface area contributed by atoms with Crippen LogP contribution in [0.4, 0.5) is 0 Å². The van der Waals surface area contributed by atoms with E-state index in [0.717, 1.165) is 24.0 Å². The fraction of sp³-hybridized carbons (Fsp3) is 0.333. The smallest absolute Gasteiger partial charge is 0.123 e. The molecule has 3 N–H and O–H groups in total. The Hall–Kier alpha value is -2.68. The van der Waals surface area contributed by atoms with E-state index in [9.17, 15) is 15.3 Å². The first-order valence-electron chi connectivity index (χ1n) is 9.40. The van der Waals surface area contributed by atoms with Crippen LogP contribution >= 0.6 is 0 Å². The van der Waals surface area contributed by atoms with Gasteiger partial charge in [0.05, 0.1) is 0 Å². The zero-order valence-corrected chi connectivity index (χ0v) is 16.7. The summed E-state index contributed by atoms with van der Waals surface area (Å²) in [5.41, 5.74) is 4.96. The van der Waals surface area contributed by atoms with Crippen LogP contribution < -0.4 is 0 Å². The molecule has 3 heteroatoms. The summed E-state index contributed by atoms with van der Waals surface area (Å²) in [6, 6.07) is 10.4. The minimum absolute atomic E-state index is 0.00204. The molecule has 0 spiro atoms. The van der Waals surface area contributed by atoms with E-state index >= 15 is 0 Å². The van der Waals surface area contributed by atoms with Gasteiger partial charge in [0, 0.05) is 11.5 Å². The Morgan fingerprint density at radius 1 is 0.889 bits per heavy atom. The molecule has 144 valence electrons. The number of allylic oxidation sites excluding steroid dienone is 4. The fourth-order valence-electron chi connectivity index (χ4n) is 3.04. The molecule has 2 rings (SSSR count). The first kappa shape index (κ1) is 20.6. The third kappa shape index (κ3) is 5.92. The largest absolute Gasteiger partial charge is 0.508 e. The van der Waals surface area contributed by atoms with E-state index in [4.69, 9.17) is 0 Å². The Bertz CT molecular complexity index is 802. The number of phenolic OH excluding ortho intramolecular Hbond substituents is 3. The average molecular weight is 367 g/mol. The molecule has 0 saturated carbocycles. The molecule has 2 aromatic rings. The van der Waals surface area contributed by atoms with Crippen molar-refractivity contribution >= 4 is 0 Å². The van der Waals surface area contributed by atoms with Crippen LogP contribution in [0.15, 0.2) is 59.7 Å². The normalized spacial score (nSPS) is 12.7. The lowest BCUT2D eigenvalue weighted by molar-refractivity contribution is 0.439. The highest BCUT2D eigenvalue weighted by molar-refractivity contribution is 5.50. The fourth-order valence-corrected chi connectivity index (χ4v) is 3.04. The van der Waals surface area contributed by atoms with Crippen LogP contribution in [0.2, 0.25) is 0 Å². The van der Waals surface area contributed by atoms with Crippen LogP contribution in [0.5, 0.6) is 17.2 Å². The molecular formula is C24H30O3. The molecule has 1 atom stereocenters. The van der Waals surface area contributed by atoms with Crippen molar-refractivity contribution in [2.24, 2.45) is 0 Å². The van der Waals surface area contributed by atoms with Crippen LogP contribution in [0, 0.1) is 0 Å². The van der Waals surface area contributed by atoms with Crippen LogP contribution in [-0.4, -0.2) is 15.3 Å². The second-order valence-electron chi connectivity index (χ2n) is 7.43. The zero-order chi connectivity index (χ0) is 20.0. The van der Waals surface area contributed by atoms with E-state index in [1.807, 2.05) is 19.1 Å². The molecule has 0 fully saturated rings. The summed E-state index contributed by atoms with van der Waals surface area (Å²) in [6.07, 6.45) is 6.77. The van der Waals surface area contributed by atoms with Crippen molar-refractivity contribution in [3.8, 4) is 17.2 Å². The Morgan fingerprint density at radius 3 is 2.04 bits per heavy atom. The second-order valence-corrected chi connectivity index (χ2v) is 7.43. The minimum Gasteiger partial charge on any atom is -0.508 e. The first-order valence-corrected chi connectivity index (χ1v) is 9.40.